The molecule has 5 rings (SSSR count). The van der Waals surface area contributed by atoms with E-state index in [4.69, 9.17) is 4.74 Å². The maximum Gasteiger partial charge on any atom is 0.311 e. The molecule has 3 atom stereocenters. The molecule has 3 aromatic carbocycles. The minimum Gasteiger partial charge on any atom is -0.469 e. The van der Waals surface area contributed by atoms with Crippen molar-refractivity contribution in [3.8, 4) is 0 Å². The van der Waals surface area contributed by atoms with E-state index in [-0.39, 0.29) is 11.4 Å². The fourth-order valence-electron chi connectivity index (χ4n) is 6.81. The van der Waals surface area contributed by atoms with Gasteiger partial charge in [0.2, 0.25) is 0 Å². The van der Waals surface area contributed by atoms with Crippen LogP contribution in [0.2, 0.25) is 0 Å². The van der Waals surface area contributed by atoms with Gasteiger partial charge in [-0.25, -0.2) is 0 Å². The molecule has 0 amide bonds. The lowest BCUT2D eigenvalue weighted by atomic mass is 9.50. The second kappa shape index (κ2) is 8.61. The van der Waals surface area contributed by atoms with Crippen LogP contribution in [-0.2, 0) is 21.4 Å². The number of ether oxygens (including phenoxy) is 1. The summed E-state index contributed by atoms with van der Waals surface area (Å²) in [4.78, 5) is 15.2. The number of hydrogen-bond donors (Lipinski definition) is 0. The van der Waals surface area contributed by atoms with Crippen molar-refractivity contribution in [2.45, 2.75) is 58.3 Å². The van der Waals surface area contributed by atoms with E-state index < -0.39 is 5.41 Å². The summed E-state index contributed by atoms with van der Waals surface area (Å²) in [6.07, 6.45) is 5.11. The summed E-state index contributed by atoms with van der Waals surface area (Å²) < 4.78 is 5.29. The summed E-state index contributed by atoms with van der Waals surface area (Å²) in [7, 11) is 1.53. The van der Waals surface area contributed by atoms with Crippen LogP contribution in [0.5, 0.6) is 0 Å². The fourth-order valence-corrected chi connectivity index (χ4v) is 6.81. The van der Waals surface area contributed by atoms with Gasteiger partial charge in [0.1, 0.15) is 0 Å². The molecule has 176 valence electrons. The number of esters is 1. The number of anilines is 3. The first kappa shape index (κ1) is 22.7. The maximum absolute atomic E-state index is 12.8. The van der Waals surface area contributed by atoms with Crippen molar-refractivity contribution in [2.24, 2.45) is 11.3 Å². The third-order valence-corrected chi connectivity index (χ3v) is 8.55. The molecule has 34 heavy (non-hydrogen) atoms. The zero-order valence-electron chi connectivity index (χ0n) is 20.8. The van der Waals surface area contributed by atoms with Crippen LogP contribution in [0.25, 0.3) is 0 Å². The Morgan fingerprint density at radius 1 is 0.912 bits per heavy atom. The van der Waals surface area contributed by atoms with Gasteiger partial charge in [0.05, 0.1) is 12.5 Å². The Morgan fingerprint density at radius 3 is 2.29 bits per heavy atom. The summed E-state index contributed by atoms with van der Waals surface area (Å²) in [5.41, 5.74) is 7.17. The van der Waals surface area contributed by atoms with Crippen LogP contribution in [0.1, 0.15) is 56.2 Å². The molecule has 0 bridgehead atoms. The van der Waals surface area contributed by atoms with Crippen LogP contribution in [0, 0.1) is 18.3 Å². The average molecular weight is 454 g/mol. The van der Waals surface area contributed by atoms with Crippen LogP contribution in [0.15, 0.2) is 72.8 Å². The normalized spacial score (nSPS) is 25.7. The first-order chi connectivity index (χ1) is 16.4. The highest BCUT2D eigenvalue weighted by atomic mass is 16.5. The van der Waals surface area contributed by atoms with E-state index in [0.29, 0.717) is 5.92 Å². The van der Waals surface area contributed by atoms with Crippen molar-refractivity contribution >= 4 is 23.0 Å². The lowest BCUT2D eigenvalue weighted by molar-refractivity contribution is -0.161. The third-order valence-electron chi connectivity index (χ3n) is 8.55. The van der Waals surface area contributed by atoms with Gasteiger partial charge in [-0.1, -0.05) is 55.3 Å². The van der Waals surface area contributed by atoms with Crippen LogP contribution in [0.4, 0.5) is 17.1 Å². The lowest BCUT2D eigenvalue weighted by Crippen LogP contribution is -2.52. The van der Waals surface area contributed by atoms with Gasteiger partial charge in [-0.15, -0.1) is 0 Å². The second-order valence-corrected chi connectivity index (χ2v) is 10.6. The van der Waals surface area contributed by atoms with Crippen LogP contribution >= 0.6 is 0 Å². The van der Waals surface area contributed by atoms with E-state index in [0.717, 1.165) is 43.5 Å². The molecule has 0 aliphatic heterocycles. The molecule has 0 spiro atoms. The highest BCUT2D eigenvalue weighted by molar-refractivity contribution is 5.79. The van der Waals surface area contributed by atoms with Crippen LogP contribution in [-0.4, -0.2) is 13.1 Å². The molecule has 3 aromatic rings. The molecule has 1 saturated carbocycles. The molecule has 0 aromatic heterocycles. The summed E-state index contributed by atoms with van der Waals surface area (Å²) in [6, 6.07) is 26.3. The zero-order chi connectivity index (χ0) is 23.9. The van der Waals surface area contributed by atoms with Gasteiger partial charge in [0.15, 0.2) is 0 Å². The Morgan fingerprint density at radius 2 is 1.59 bits per heavy atom. The number of benzene rings is 3. The number of carbonyl (C=O) groups is 1. The SMILES string of the molecule is COC(=O)[C@]1(C)CCC[C@]2(C)c3ccc(N(c4ccccc4)c4ccc(C)cc4)cc3CC[C@@H]12. The minimum atomic E-state index is -0.407. The fraction of sp³-hybridized carbons (Fsp3) is 0.387. The number of fused-ring (bicyclic) bond motifs is 3. The first-order valence-electron chi connectivity index (χ1n) is 12.5. The Labute approximate surface area is 203 Å². The van der Waals surface area contributed by atoms with Gasteiger partial charge in [0, 0.05) is 17.1 Å². The van der Waals surface area contributed by atoms with Crippen LogP contribution < -0.4 is 4.90 Å². The molecular weight excluding hydrogens is 418 g/mol. The molecule has 0 N–H and O–H groups in total. The lowest BCUT2D eigenvalue weighted by Gasteiger charge is -2.54. The summed E-state index contributed by atoms with van der Waals surface area (Å²) in [5.74, 6) is 0.264. The van der Waals surface area contributed by atoms with Crippen molar-refractivity contribution in [1.82, 2.24) is 0 Å². The highest BCUT2D eigenvalue weighted by Gasteiger charge is 2.55. The van der Waals surface area contributed by atoms with Crippen molar-refractivity contribution in [3.63, 3.8) is 0 Å². The third kappa shape index (κ3) is 3.62. The molecule has 0 saturated heterocycles. The summed E-state index contributed by atoms with van der Waals surface area (Å²) in [5, 5.41) is 0. The van der Waals surface area contributed by atoms with E-state index in [1.807, 2.05) is 0 Å². The monoisotopic (exact) mass is 453 g/mol. The summed E-state index contributed by atoms with van der Waals surface area (Å²) >= 11 is 0. The largest absolute Gasteiger partial charge is 0.469 e. The molecule has 2 aliphatic rings. The van der Waals surface area contributed by atoms with E-state index in [9.17, 15) is 4.79 Å². The number of carbonyl (C=O) groups excluding carboxylic acids is 1. The number of hydrogen-bond acceptors (Lipinski definition) is 3. The molecule has 0 unspecified atom stereocenters. The van der Waals surface area contributed by atoms with Gasteiger partial charge in [-0.05, 0) is 98.4 Å². The standard InChI is InChI=1S/C31H35NO2/c1-22-11-14-25(15-12-22)32(24-9-6-5-7-10-24)26-16-17-27-23(21-26)13-18-28-30(27,2)19-8-20-31(28,3)29(33)34-4/h5-7,9-12,14-17,21,28H,8,13,18-20H2,1-4H3/t28-,30-,31-/m1/s1. The van der Waals surface area contributed by atoms with E-state index in [1.54, 1.807) is 0 Å². The minimum absolute atomic E-state index is 0.00522. The summed E-state index contributed by atoms with van der Waals surface area (Å²) in [6.45, 7) is 6.64. The zero-order valence-corrected chi connectivity index (χ0v) is 20.8. The maximum atomic E-state index is 12.8. The van der Waals surface area contributed by atoms with E-state index in [1.165, 1.54) is 29.5 Å². The molecule has 0 radical (unpaired) electrons. The molecule has 3 heteroatoms. The van der Waals surface area contributed by atoms with Crippen molar-refractivity contribution in [1.29, 1.82) is 0 Å². The number of nitrogens with zero attached hydrogens (tertiary/aromatic N) is 1. The quantitative estimate of drug-likeness (QED) is 0.380. The Hall–Kier alpha value is -3.07. The van der Waals surface area contributed by atoms with Gasteiger partial charge >= 0.3 is 5.97 Å². The Kier molecular flexibility index (Phi) is 5.75. The van der Waals surface area contributed by atoms with Gasteiger partial charge in [0.25, 0.3) is 0 Å². The second-order valence-electron chi connectivity index (χ2n) is 10.6. The first-order valence-corrected chi connectivity index (χ1v) is 12.5. The number of aryl methyl sites for hydroxylation is 2. The molecule has 2 aliphatic carbocycles. The van der Waals surface area contributed by atoms with Gasteiger partial charge in [-0.3, -0.25) is 4.79 Å². The van der Waals surface area contributed by atoms with Gasteiger partial charge < -0.3 is 9.64 Å². The number of rotatable bonds is 4. The molecule has 3 nitrogen and oxygen atoms in total. The van der Waals surface area contributed by atoms with Crippen molar-refractivity contribution in [3.05, 3.63) is 89.5 Å². The Bertz CT molecular complexity index is 1190. The topological polar surface area (TPSA) is 29.5 Å². The predicted octanol–water partition coefficient (Wildman–Crippen LogP) is 7.65. The Balaban J connectivity index is 1.58. The molecule has 1 fully saturated rings. The molecule has 0 heterocycles. The predicted molar refractivity (Wildman–Crippen MR) is 139 cm³/mol. The van der Waals surface area contributed by atoms with Crippen molar-refractivity contribution < 1.29 is 9.53 Å². The molecular formula is C31H35NO2. The van der Waals surface area contributed by atoms with Crippen molar-refractivity contribution in [2.75, 3.05) is 12.0 Å². The van der Waals surface area contributed by atoms with Gasteiger partial charge in [-0.2, -0.15) is 0 Å². The van der Waals surface area contributed by atoms with Crippen LogP contribution in [0.3, 0.4) is 0 Å². The highest BCUT2D eigenvalue weighted by Crippen LogP contribution is 2.58. The van der Waals surface area contributed by atoms with E-state index >= 15 is 0 Å². The average Bonchev–Trinajstić information content (AvgIpc) is 2.85. The van der Waals surface area contributed by atoms with E-state index in [2.05, 4.69) is 98.5 Å². The smallest absolute Gasteiger partial charge is 0.311 e. The number of methoxy groups -OCH3 is 1. The number of para-hydroxylation sites is 1.